The van der Waals surface area contributed by atoms with E-state index in [0.717, 1.165) is 43.7 Å². The molecule has 0 aliphatic carbocycles. The van der Waals surface area contributed by atoms with Crippen molar-refractivity contribution in [1.29, 1.82) is 0 Å². The Morgan fingerprint density at radius 1 is 1.39 bits per heavy atom. The molecule has 4 rings (SSSR count). The molecule has 4 heterocycles. The SMILES string of the molecule is CCn1nc(CC(C)(C)COC(=O)c2cnsc2)c2c1C(=O)NCC1(CCOCC1)C2. The van der Waals surface area contributed by atoms with Gasteiger partial charge >= 0.3 is 5.97 Å². The molecule has 8 nitrogen and oxygen atoms in total. The van der Waals surface area contributed by atoms with Gasteiger partial charge in [-0.25, -0.2) is 9.17 Å². The van der Waals surface area contributed by atoms with Crippen molar-refractivity contribution in [2.24, 2.45) is 10.8 Å². The predicted octanol–water partition coefficient (Wildman–Crippen LogP) is 2.87. The molecule has 0 unspecified atom stereocenters. The number of rotatable bonds is 6. The summed E-state index contributed by atoms with van der Waals surface area (Å²) in [6, 6.07) is 0. The first-order valence-electron chi connectivity index (χ1n) is 10.8. The van der Waals surface area contributed by atoms with Crippen LogP contribution in [0.25, 0.3) is 0 Å². The molecule has 1 saturated heterocycles. The normalized spacial score (nSPS) is 18.4. The van der Waals surface area contributed by atoms with Crippen LogP contribution in [0.4, 0.5) is 0 Å². The van der Waals surface area contributed by atoms with E-state index in [1.54, 1.807) is 5.38 Å². The average molecular weight is 447 g/mol. The number of fused-ring (bicyclic) bond motifs is 1. The van der Waals surface area contributed by atoms with Crippen LogP contribution in [0, 0.1) is 10.8 Å². The summed E-state index contributed by atoms with van der Waals surface area (Å²) in [6.45, 7) is 9.13. The zero-order valence-corrected chi connectivity index (χ0v) is 19.2. The van der Waals surface area contributed by atoms with Gasteiger partial charge in [0.05, 0.1) is 24.1 Å². The third kappa shape index (κ3) is 4.67. The molecule has 2 aliphatic rings. The van der Waals surface area contributed by atoms with Gasteiger partial charge in [-0.05, 0) is 43.1 Å². The van der Waals surface area contributed by atoms with Gasteiger partial charge in [-0.3, -0.25) is 9.48 Å². The monoisotopic (exact) mass is 446 g/mol. The third-order valence-corrected chi connectivity index (χ3v) is 6.87. The van der Waals surface area contributed by atoms with Gasteiger partial charge in [0.2, 0.25) is 0 Å². The zero-order chi connectivity index (χ0) is 22.1. The summed E-state index contributed by atoms with van der Waals surface area (Å²) in [5.74, 6) is -0.409. The summed E-state index contributed by atoms with van der Waals surface area (Å²) in [5, 5.41) is 9.64. The molecule has 31 heavy (non-hydrogen) atoms. The molecule has 1 fully saturated rings. The molecule has 1 spiro atoms. The average Bonchev–Trinajstić information content (AvgIpc) is 3.37. The largest absolute Gasteiger partial charge is 0.461 e. The van der Waals surface area contributed by atoms with E-state index >= 15 is 0 Å². The van der Waals surface area contributed by atoms with Crippen LogP contribution in [0.15, 0.2) is 11.6 Å². The first-order chi connectivity index (χ1) is 14.8. The highest BCUT2D eigenvalue weighted by atomic mass is 32.1. The molecule has 2 aromatic rings. The molecule has 0 atom stereocenters. The molecular formula is C22H30N4O4S. The molecule has 0 bridgehead atoms. The lowest BCUT2D eigenvalue weighted by molar-refractivity contribution is 0.0159. The van der Waals surface area contributed by atoms with E-state index in [2.05, 4.69) is 23.5 Å². The topological polar surface area (TPSA) is 95.3 Å². The fourth-order valence-electron chi connectivity index (χ4n) is 4.46. The summed E-state index contributed by atoms with van der Waals surface area (Å²) < 4.78 is 16.9. The van der Waals surface area contributed by atoms with Gasteiger partial charge in [-0.1, -0.05) is 13.8 Å². The molecule has 1 N–H and O–H groups in total. The molecule has 0 radical (unpaired) electrons. The summed E-state index contributed by atoms with van der Waals surface area (Å²) in [6.07, 6.45) is 4.82. The second kappa shape index (κ2) is 8.70. The lowest BCUT2D eigenvalue weighted by Crippen LogP contribution is -2.40. The number of nitrogens with one attached hydrogen (secondary N) is 1. The van der Waals surface area contributed by atoms with Crippen molar-refractivity contribution in [3.8, 4) is 0 Å². The van der Waals surface area contributed by atoms with Gasteiger partial charge in [0.25, 0.3) is 5.91 Å². The minimum absolute atomic E-state index is 0.0120. The maximum Gasteiger partial charge on any atom is 0.340 e. The minimum atomic E-state index is -0.361. The number of esters is 1. The highest BCUT2D eigenvalue weighted by molar-refractivity contribution is 7.03. The predicted molar refractivity (Wildman–Crippen MR) is 116 cm³/mol. The number of carbonyl (C=O) groups excluding carboxylic acids is 2. The second-order valence-electron chi connectivity index (χ2n) is 9.39. The van der Waals surface area contributed by atoms with Crippen LogP contribution >= 0.6 is 11.5 Å². The lowest BCUT2D eigenvalue weighted by Gasteiger charge is -2.36. The molecule has 1 amide bonds. The number of ether oxygens (including phenoxy) is 2. The first-order valence-corrected chi connectivity index (χ1v) is 11.7. The van der Waals surface area contributed by atoms with Gasteiger partial charge in [0, 0.05) is 49.1 Å². The Morgan fingerprint density at radius 3 is 2.84 bits per heavy atom. The quantitative estimate of drug-likeness (QED) is 0.686. The van der Waals surface area contributed by atoms with E-state index in [1.165, 1.54) is 17.7 Å². The fourth-order valence-corrected chi connectivity index (χ4v) is 4.97. The molecule has 9 heteroatoms. The summed E-state index contributed by atoms with van der Waals surface area (Å²) >= 11 is 1.23. The molecule has 0 saturated carbocycles. The van der Waals surface area contributed by atoms with Crippen molar-refractivity contribution >= 4 is 23.4 Å². The molecule has 2 aliphatic heterocycles. The Balaban J connectivity index is 1.57. The van der Waals surface area contributed by atoms with Crippen LogP contribution in [-0.4, -0.2) is 52.4 Å². The van der Waals surface area contributed by atoms with Crippen molar-refractivity contribution in [2.45, 2.75) is 53.0 Å². The number of aryl methyl sites for hydroxylation is 1. The maximum atomic E-state index is 13.0. The second-order valence-corrected chi connectivity index (χ2v) is 10.0. The Morgan fingerprint density at radius 2 is 2.16 bits per heavy atom. The van der Waals surface area contributed by atoms with E-state index in [1.807, 2.05) is 11.6 Å². The maximum absolute atomic E-state index is 13.0. The summed E-state index contributed by atoms with van der Waals surface area (Å²) in [5.41, 5.74) is 2.81. The van der Waals surface area contributed by atoms with Crippen LogP contribution in [0.5, 0.6) is 0 Å². The highest BCUT2D eigenvalue weighted by Gasteiger charge is 2.40. The van der Waals surface area contributed by atoms with E-state index in [0.29, 0.717) is 30.8 Å². The number of amides is 1. The smallest absolute Gasteiger partial charge is 0.340 e. The van der Waals surface area contributed by atoms with E-state index in [-0.39, 0.29) is 29.3 Å². The van der Waals surface area contributed by atoms with Crippen LogP contribution < -0.4 is 5.32 Å². The number of carbonyl (C=O) groups is 2. The lowest BCUT2D eigenvalue weighted by atomic mass is 9.74. The third-order valence-electron chi connectivity index (χ3n) is 6.29. The zero-order valence-electron chi connectivity index (χ0n) is 18.4. The van der Waals surface area contributed by atoms with Crippen molar-refractivity contribution in [2.75, 3.05) is 26.4 Å². The first kappa shape index (κ1) is 22.0. The Labute approximate surface area is 186 Å². The van der Waals surface area contributed by atoms with E-state index < -0.39 is 0 Å². The Hall–Kier alpha value is -2.26. The summed E-state index contributed by atoms with van der Waals surface area (Å²) in [4.78, 5) is 25.2. The highest BCUT2D eigenvalue weighted by Crippen LogP contribution is 2.38. The van der Waals surface area contributed by atoms with Crippen LogP contribution in [0.2, 0.25) is 0 Å². The van der Waals surface area contributed by atoms with Gasteiger partial charge in [0.1, 0.15) is 5.69 Å². The number of hydrogen-bond acceptors (Lipinski definition) is 7. The van der Waals surface area contributed by atoms with Gasteiger partial charge in [-0.2, -0.15) is 5.10 Å². The van der Waals surface area contributed by atoms with Crippen molar-refractivity contribution in [1.82, 2.24) is 19.5 Å². The molecule has 0 aromatic carbocycles. The van der Waals surface area contributed by atoms with Crippen molar-refractivity contribution < 1.29 is 19.1 Å². The van der Waals surface area contributed by atoms with Crippen molar-refractivity contribution in [3.05, 3.63) is 34.1 Å². The number of nitrogens with zero attached hydrogens (tertiary/aromatic N) is 3. The number of aromatic nitrogens is 3. The van der Waals surface area contributed by atoms with E-state index in [9.17, 15) is 9.59 Å². The van der Waals surface area contributed by atoms with E-state index in [4.69, 9.17) is 14.6 Å². The van der Waals surface area contributed by atoms with Crippen LogP contribution in [0.1, 0.15) is 65.7 Å². The number of hydrogen-bond donors (Lipinski definition) is 1. The molecule has 2 aromatic heterocycles. The van der Waals surface area contributed by atoms with Gasteiger partial charge in [0.15, 0.2) is 0 Å². The minimum Gasteiger partial charge on any atom is -0.461 e. The van der Waals surface area contributed by atoms with Crippen molar-refractivity contribution in [3.63, 3.8) is 0 Å². The Kier molecular flexibility index (Phi) is 6.16. The van der Waals surface area contributed by atoms with Gasteiger partial charge in [-0.15, -0.1) is 0 Å². The Bertz CT molecular complexity index is 945. The summed E-state index contributed by atoms with van der Waals surface area (Å²) in [7, 11) is 0. The van der Waals surface area contributed by atoms with Crippen LogP contribution in [0.3, 0.4) is 0 Å². The molecule has 168 valence electrons. The molecular weight excluding hydrogens is 416 g/mol. The van der Waals surface area contributed by atoms with Crippen LogP contribution in [-0.2, 0) is 28.9 Å². The standard InChI is InChI=1S/C22H30N4O4S/c1-4-26-18-16(9-22(13-23-19(18)27)5-7-29-8-6-22)17(25-26)10-21(2,3)14-30-20(28)15-11-24-31-12-15/h11-12H,4-10,13-14H2,1-3H3,(H,23,27). The van der Waals surface area contributed by atoms with Gasteiger partial charge < -0.3 is 14.8 Å². The fraction of sp³-hybridized carbons (Fsp3) is 0.636.